The monoisotopic (exact) mass is 193 g/mol. The molecule has 0 spiro atoms. The van der Waals surface area contributed by atoms with Crippen molar-refractivity contribution in [3.8, 4) is 11.8 Å². The van der Waals surface area contributed by atoms with Crippen LogP contribution in [0.4, 0.5) is 0 Å². The fourth-order valence-electron chi connectivity index (χ4n) is 1.88. The molecule has 3 heteroatoms. The molecule has 0 aromatic rings. The zero-order chi connectivity index (χ0) is 9.80. The molecule has 1 heterocycles. The maximum atomic E-state index is 12.0. The van der Waals surface area contributed by atoms with Gasteiger partial charge in [0.25, 0.3) is 0 Å². The van der Waals surface area contributed by atoms with Gasteiger partial charge in [-0.2, -0.15) is 0 Å². The van der Waals surface area contributed by atoms with Crippen molar-refractivity contribution in [3.63, 3.8) is 0 Å². The van der Waals surface area contributed by atoms with Crippen molar-refractivity contribution in [1.82, 2.24) is 4.90 Å². The van der Waals surface area contributed by atoms with Crippen LogP contribution < -0.4 is 0 Å². The van der Waals surface area contributed by atoms with Gasteiger partial charge in [0, 0.05) is 31.8 Å². The number of hydrogen-bond donors (Lipinski definition) is 0. The Bertz CT molecular complexity index is 271. The Morgan fingerprint density at radius 2 is 2.07 bits per heavy atom. The third kappa shape index (κ3) is 2.08. The van der Waals surface area contributed by atoms with Gasteiger partial charge in [-0.05, 0) is 6.42 Å². The molecular weight excluding hydrogens is 178 g/mol. The second-order valence-corrected chi connectivity index (χ2v) is 3.73. The average Bonchev–Trinajstić information content (AvgIpc) is 2.30. The van der Waals surface area contributed by atoms with Gasteiger partial charge in [0.1, 0.15) is 0 Å². The van der Waals surface area contributed by atoms with Gasteiger partial charge in [-0.15, -0.1) is 11.8 Å². The third-order valence-corrected chi connectivity index (χ3v) is 2.76. The number of hydrogen-bond acceptors (Lipinski definition) is 2. The summed E-state index contributed by atoms with van der Waals surface area (Å²) in [5.74, 6) is 6.48. The molecule has 14 heavy (non-hydrogen) atoms. The quantitative estimate of drug-likeness (QED) is 0.572. The maximum Gasteiger partial charge on any atom is 0.226 e. The van der Waals surface area contributed by atoms with Crippen LogP contribution in [0.2, 0.25) is 0 Å². The van der Waals surface area contributed by atoms with E-state index in [0.29, 0.717) is 13.2 Å². The van der Waals surface area contributed by atoms with Gasteiger partial charge in [-0.1, -0.05) is 0 Å². The fourth-order valence-corrected chi connectivity index (χ4v) is 1.88. The molecule has 1 fully saturated rings. The largest absolute Gasteiger partial charge is 0.378 e. The Morgan fingerprint density at radius 3 is 2.71 bits per heavy atom. The molecule has 0 saturated carbocycles. The fraction of sp³-hybridized carbons (Fsp3) is 0.727. The molecule has 1 aliphatic heterocycles. The predicted molar refractivity (Wildman–Crippen MR) is 52.5 cm³/mol. The SMILES string of the molecule is O=C(C1CC#CCC1)N1CCOCC1. The maximum absolute atomic E-state index is 12.0. The Kier molecular flexibility index (Phi) is 3.05. The van der Waals surface area contributed by atoms with Gasteiger partial charge in [0.05, 0.1) is 13.2 Å². The molecule has 2 aliphatic rings. The lowest BCUT2D eigenvalue weighted by Gasteiger charge is -2.30. The van der Waals surface area contributed by atoms with Crippen molar-refractivity contribution >= 4 is 5.91 Å². The van der Waals surface area contributed by atoms with Crippen molar-refractivity contribution in [2.75, 3.05) is 26.3 Å². The number of carbonyl (C=O) groups is 1. The third-order valence-electron chi connectivity index (χ3n) is 2.76. The van der Waals surface area contributed by atoms with E-state index < -0.39 is 0 Å². The molecule has 0 N–H and O–H groups in total. The van der Waals surface area contributed by atoms with Crippen LogP contribution in [-0.2, 0) is 9.53 Å². The Morgan fingerprint density at radius 1 is 1.29 bits per heavy atom. The van der Waals surface area contributed by atoms with E-state index in [9.17, 15) is 4.79 Å². The molecule has 2 rings (SSSR count). The summed E-state index contributed by atoms with van der Waals surface area (Å²) < 4.78 is 5.22. The summed E-state index contributed by atoms with van der Waals surface area (Å²) in [6, 6.07) is 0. The first-order chi connectivity index (χ1) is 6.88. The lowest BCUT2D eigenvalue weighted by atomic mass is 9.94. The summed E-state index contributed by atoms with van der Waals surface area (Å²) in [5, 5.41) is 0. The van der Waals surface area contributed by atoms with Gasteiger partial charge in [-0.25, -0.2) is 0 Å². The number of ether oxygens (including phenoxy) is 1. The van der Waals surface area contributed by atoms with Crippen LogP contribution >= 0.6 is 0 Å². The second kappa shape index (κ2) is 4.47. The van der Waals surface area contributed by atoms with Crippen LogP contribution in [0.15, 0.2) is 0 Å². The van der Waals surface area contributed by atoms with Crippen molar-refractivity contribution in [1.29, 1.82) is 0 Å². The molecule has 1 unspecified atom stereocenters. The Hall–Kier alpha value is -1.01. The molecule has 0 radical (unpaired) electrons. The summed E-state index contributed by atoms with van der Waals surface area (Å²) in [7, 11) is 0. The van der Waals surface area contributed by atoms with Crippen LogP contribution in [0, 0.1) is 17.8 Å². The number of rotatable bonds is 1. The highest BCUT2D eigenvalue weighted by Crippen LogP contribution is 2.17. The molecule has 1 saturated heterocycles. The van der Waals surface area contributed by atoms with E-state index in [4.69, 9.17) is 4.74 Å². The molecular formula is C11H15NO2. The minimum atomic E-state index is 0.148. The molecule has 0 bridgehead atoms. The number of amides is 1. The summed E-state index contributed by atoms with van der Waals surface area (Å²) in [4.78, 5) is 13.9. The van der Waals surface area contributed by atoms with E-state index in [2.05, 4.69) is 11.8 Å². The molecule has 0 aromatic heterocycles. The van der Waals surface area contributed by atoms with Crippen LogP contribution in [0.1, 0.15) is 19.3 Å². The van der Waals surface area contributed by atoms with Crippen molar-refractivity contribution < 1.29 is 9.53 Å². The smallest absolute Gasteiger partial charge is 0.226 e. The first-order valence-corrected chi connectivity index (χ1v) is 5.20. The molecule has 76 valence electrons. The van der Waals surface area contributed by atoms with E-state index in [1.165, 1.54) is 0 Å². The zero-order valence-corrected chi connectivity index (χ0v) is 8.29. The zero-order valence-electron chi connectivity index (χ0n) is 8.29. The van der Waals surface area contributed by atoms with Gasteiger partial charge in [0.15, 0.2) is 0 Å². The van der Waals surface area contributed by atoms with Crippen LogP contribution in [0.5, 0.6) is 0 Å². The first-order valence-electron chi connectivity index (χ1n) is 5.20. The minimum Gasteiger partial charge on any atom is -0.378 e. The Balaban J connectivity index is 1.90. The summed E-state index contributed by atoms with van der Waals surface area (Å²) in [6.07, 6.45) is 2.56. The van der Waals surface area contributed by atoms with E-state index >= 15 is 0 Å². The lowest BCUT2D eigenvalue weighted by Crippen LogP contribution is -2.43. The summed E-state index contributed by atoms with van der Waals surface area (Å²) in [6.45, 7) is 2.87. The van der Waals surface area contributed by atoms with E-state index in [1.54, 1.807) is 0 Å². The molecule has 0 aromatic carbocycles. The average molecular weight is 193 g/mol. The summed E-state index contributed by atoms with van der Waals surface area (Å²) >= 11 is 0. The normalized spacial score (nSPS) is 26.6. The number of carbonyl (C=O) groups excluding carboxylic acids is 1. The highest BCUT2D eigenvalue weighted by molar-refractivity contribution is 5.79. The van der Waals surface area contributed by atoms with Gasteiger partial charge in [-0.3, -0.25) is 4.79 Å². The number of morpholine rings is 1. The predicted octanol–water partition coefficient (Wildman–Crippen LogP) is 0.649. The highest BCUT2D eigenvalue weighted by Gasteiger charge is 2.25. The van der Waals surface area contributed by atoms with Crippen LogP contribution in [0.3, 0.4) is 0 Å². The van der Waals surface area contributed by atoms with Crippen molar-refractivity contribution in [3.05, 3.63) is 0 Å². The molecule has 1 atom stereocenters. The van der Waals surface area contributed by atoms with Crippen molar-refractivity contribution in [2.45, 2.75) is 19.3 Å². The van der Waals surface area contributed by atoms with Gasteiger partial charge in [0.2, 0.25) is 5.91 Å². The van der Waals surface area contributed by atoms with E-state index in [0.717, 1.165) is 32.4 Å². The van der Waals surface area contributed by atoms with Crippen LogP contribution in [-0.4, -0.2) is 37.1 Å². The molecule has 3 nitrogen and oxygen atoms in total. The highest BCUT2D eigenvalue weighted by atomic mass is 16.5. The first kappa shape index (κ1) is 9.54. The molecule has 1 aliphatic carbocycles. The van der Waals surface area contributed by atoms with E-state index in [1.807, 2.05) is 4.90 Å². The van der Waals surface area contributed by atoms with Gasteiger partial charge < -0.3 is 9.64 Å². The second-order valence-electron chi connectivity index (χ2n) is 3.73. The lowest BCUT2D eigenvalue weighted by molar-refractivity contribution is -0.139. The van der Waals surface area contributed by atoms with Gasteiger partial charge >= 0.3 is 0 Å². The topological polar surface area (TPSA) is 29.5 Å². The Labute approximate surface area is 84.4 Å². The molecule has 1 amide bonds. The minimum absolute atomic E-state index is 0.148. The van der Waals surface area contributed by atoms with E-state index in [-0.39, 0.29) is 11.8 Å². The van der Waals surface area contributed by atoms with Crippen molar-refractivity contribution in [2.24, 2.45) is 5.92 Å². The summed E-state index contributed by atoms with van der Waals surface area (Å²) in [5.41, 5.74) is 0. The standard InChI is InChI=1S/C11H15NO2/c13-11(10-4-2-1-3-5-10)12-6-8-14-9-7-12/h10H,2,4-9H2. The van der Waals surface area contributed by atoms with Crippen LogP contribution in [0.25, 0.3) is 0 Å². The number of nitrogens with zero attached hydrogens (tertiary/aromatic N) is 1.